The Morgan fingerprint density at radius 1 is 1.28 bits per heavy atom. The van der Waals surface area contributed by atoms with E-state index in [9.17, 15) is 0 Å². The molecule has 2 heterocycles. The van der Waals surface area contributed by atoms with E-state index in [0.717, 1.165) is 53.6 Å². The highest BCUT2D eigenvalue weighted by Gasteiger charge is 2.24. The van der Waals surface area contributed by atoms with Gasteiger partial charge in [0.05, 0.1) is 31.5 Å². The Bertz CT molecular complexity index is 790. The second-order valence-electron chi connectivity index (χ2n) is 6.74. The van der Waals surface area contributed by atoms with Gasteiger partial charge in [-0.1, -0.05) is 29.8 Å². The molecule has 29 heavy (non-hydrogen) atoms. The summed E-state index contributed by atoms with van der Waals surface area (Å²) in [6.07, 6.45) is 0. The van der Waals surface area contributed by atoms with Crippen molar-refractivity contribution in [3.05, 3.63) is 50.4 Å². The maximum Gasteiger partial charge on any atom is 0.191 e. The Labute approximate surface area is 199 Å². The van der Waals surface area contributed by atoms with Gasteiger partial charge in [0.15, 0.2) is 5.96 Å². The van der Waals surface area contributed by atoms with E-state index in [-0.39, 0.29) is 30.0 Å². The Hall–Kier alpha value is -0.940. The molecule has 1 atom stereocenters. The van der Waals surface area contributed by atoms with E-state index in [1.165, 1.54) is 4.88 Å². The fraction of sp³-hybridized carbons (Fsp3) is 0.500. The number of hydrogen-bond acceptors (Lipinski definition) is 5. The number of aliphatic imine (C=N–C) groups is 1. The van der Waals surface area contributed by atoms with Gasteiger partial charge in [-0.3, -0.25) is 9.89 Å². The van der Waals surface area contributed by atoms with E-state index in [1.807, 2.05) is 25.1 Å². The van der Waals surface area contributed by atoms with Crippen LogP contribution < -0.4 is 10.6 Å². The molecule has 1 unspecified atom stereocenters. The number of aryl methyl sites for hydroxylation is 2. The lowest BCUT2D eigenvalue weighted by Gasteiger charge is -2.35. The predicted molar refractivity (Wildman–Crippen MR) is 132 cm³/mol. The first-order chi connectivity index (χ1) is 13.6. The van der Waals surface area contributed by atoms with Crippen molar-refractivity contribution in [3.8, 4) is 0 Å². The van der Waals surface area contributed by atoms with Gasteiger partial charge in [-0.25, -0.2) is 4.98 Å². The zero-order valence-corrected chi connectivity index (χ0v) is 21.0. The lowest BCUT2D eigenvalue weighted by atomic mass is 10.0. The zero-order valence-electron chi connectivity index (χ0n) is 17.1. The number of nitrogens with one attached hydrogen (secondary N) is 2. The van der Waals surface area contributed by atoms with Crippen molar-refractivity contribution in [2.45, 2.75) is 26.4 Å². The van der Waals surface area contributed by atoms with Crippen LogP contribution in [0.5, 0.6) is 0 Å². The lowest BCUT2D eigenvalue weighted by molar-refractivity contribution is 0.0170. The molecule has 9 heteroatoms. The monoisotopic (exact) mass is 549 g/mol. The normalized spacial score (nSPS) is 16.2. The summed E-state index contributed by atoms with van der Waals surface area (Å²) < 4.78 is 5.52. The highest BCUT2D eigenvalue weighted by atomic mass is 127. The molecule has 0 aliphatic carbocycles. The van der Waals surface area contributed by atoms with Gasteiger partial charge in [-0.2, -0.15) is 0 Å². The minimum Gasteiger partial charge on any atom is -0.379 e. The van der Waals surface area contributed by atoms with Crippen LogP contribution in [0.25, 0.3) is 0 Å². The Morgan fingerprint density at radius 2 is 2.00 bits per heavy atom. The molecule has 2 aromatic rings. The maximum absolute atomic E-state index is 6.51. The minimum atomic E-state index is 0. The van der Waals surface area contributed by atoms with Crippen LogP contribution in [0.3, 0.4) is 0 Å². The summed E-state index contributed by atoms with van der Waals surface area (Å²) in [5, 5.41) is 8.67. The van der Waals surface area contributed by atoms with Gasteiger partial charge in [0, 0.05) is 36.6 Å². The summed E-state index contributed by atoms with van der Waals surface area (Å²) in [7, 11) is 1.78. The fourth-order valence-electron chi connectivity index (χ4n) is 3.26. The largest absolute Gasteiger partial charge is 0.379 e. The lowest BCUT2D eigenvalue weighted by Crippen LogP contribution is -2.46. The molecule has 1 saturated heterocycles. The van der Waals surface area contributed by atoms with Crippen LogP contribution in [0.1, 0.15) is 27.2 Å². The number of morpholine rings is 1. The average Bonchev–Trinajstić information content (AvgIpc) is 3.04. The molecule has 2 N–H and O–H groups in total. The number of benzene rings is 1. The number of guanidine groups is 1. The Balaban J connectivity index is 0.00000300. The SMILES string of the molecule is CN=C(NCc1nc(C)c(C)s1)NCC(c1ccccc1Cl)N1CCOCC1.I. The van der Waals surface area contributed by atoms with Crippen molar-refractivity contribution >= 4 is 52.9 Å². The summed E-state index contributed by atoms with van der Waals surface area (Å²) in [6, 6.07) is 8.20. The highest BCUT2D eigenvalue weighted by molar-refractivity contribution is 14.0. The molecule has 1 aromatic carbocycles. The molecule has 1 aromatic heterocycles. The van der Waals surface area contributed by atoms with E-state index < -0.39 is 0 Å². The fourth-order valence-corrected chi connectivity index (χ4v) is 4.39. The van der Waals surface area contributed by atoms with Crippen LogP contribution in [-0.2, 0) is 11.3 Å². The number of thiazole rings is 1. The smallest absolute Gasteiger partial charge is 0.191 e. The molecule has 6 nitrogen and oxygen atoms in total. The van der Waals surface area contributed by atoms with Crippen molar-refractivity contribution in [1.29, 1.82) is 0 Å². The first-order valence-electron chi connectivity index (χ1n) is 9.52. The van der Waals surface area contributed by atoms with Crippen molar-refractivity contribution in [2.75, 3.05) is 39.9 Å². The highest BCUT2D eigenvalue weighted by Crippen LogP contribution is 2.27. The number of halogens is 2. The second-order valence-corrected chi connectivity index (χ2v) is 8.44. The first-order valence-corrected chi connectivity index (χ1v) is 10.7. The van der Waals surface area contributed by atoms with Gasteiger partial charge >= 0.3 is 0 Å². The van der Waals surface area contributed by atoms with E-state index in [2.05, 4.69) is 38.5 Å². The molecule has 1 aliphatic heterocycles. The Kier molecular flexibility index (Phi) is 10.1. The average molecular weight is 550 g/mol. The number of rotatable bonds is 6. The van der Waals surface area contributed by atoms with Crippen molar-refractivity contribution in [2.24, 2.45) is 4.99 Å². The quantitative estimate of drug-likeness (QED) is 0.326. The summed E-state index contributed by atoms with van der Waals surface area (Å²) in [5.74, 6) is 0.760. The topological polar surface area (TPSA) is 61.8 Å². The third-order valence-corrected chi connectivity index (χ3v) is 6.33. The number of hydrogen-bond donors (Lipinski definition) is 2. The molecule has 0 saturated carbocycles. The zero-order chi connectivity index (χ0) is 19.9. The number of aromatic nitrogens is 1. The predicted octanol–water partition coefficient (Wildman–Crippen LogP) is 3.77. The Morgan fingerprint density at radius 3 is 2.62 bits per heavy atom. The van der Waals surface area contributed by atoms with Crippen LogP contribution in [0, 0.1) is 13.8 Å². The third kappa shape index (κ3) is 6.78. The van der Waals surface area contributed by atoms with Crippen LogP contribution in [0.2, 0.25) is 5.02 Å². The number of ether oxygens (including phenoxy) is 1. The van der Waals surface area contributed by atoms with E-state index >= 15 is 0 Å². The second kappa shape index (κ2) is 12.0. The number of nitrogens with zero attached hydrogens (tertiary/aromatic N) is 3. The molecule has 0 bridgehead atoms. The van der Waals surface area contributed by atoms with E-state index in [1.54, 1.807) is 18.4 Å². The van der Waals surface area contributed by atoms with Crippen molar-refractivity contribution < 1.29 is 4.74 Å². The summed E-state index contributed by atoms with van der Waals surface area (Å²) in [6.45, 7) is 8.78. The standard InChI is InChI=1S/C20H28ClN5OS.HI/c1-14-15(2)28-19(25-14)13-24-20(22-3)23-12-18(26-8-10-27-11-9-26)16-6-4-5-7-17(16)21;/h4-7,18H,8-13H2,1-3H3,(H2,22,23,24);1H. The van der Waals surface area contributed by atoms with Gasteiger partial charge in [-0.05, 0) is 25.5 Å². The molecule has 0 radical (unpaired) electrons. The molecule has 0 spiro atoms. The van der Waals surface area contributed by atoms with Gasteiger partial charge in [0.2, 0.25) is 0 Å². The van der Waals surface area contributed by atoms with Crippen LogP contribution in [-0.4, -0.2) is 55.7 Å². The summed E-state index contributed by atoms with van der Waals surface area (Å²) in [4.78, 5) is 12.6. The molecular formula is C20H29ClIN5OS. The van der Waals surface area contributed by atoms with Gasteiger partial charge in [-0.15, -0.1) is 35.3 Å². The molecule has 3 rings (SSSR count). The van der Waals surface area contributed by atoms with E-state index in [0.29, 0.717) is 13.1 Å². The van der Waals surface area contributed by atoms with Crippen LogP contribution in [0.15, 0.2) is 29.3 Å². The first kappa shape index (κ1) is 24.3. The van der Waals surface area contributed by atoms with E-state index in [4.69, 9.17) is 16.3 Å². The molecular weight excluding hydrogens is 521 g/mol. The van der Waals surface area contributed by atoms with Gasteiger partial charge in [0.1, 0.15) is 5.01 Å². The van der Waals surface area contributed by atoms with Gasteiger partial charge in [0.25, 0.3) is 0 Å². The van der Waals surface area contributed by atoms with Crippen LogP contribution >= 0.6 is 46.9 Å². The van der Waals surface area contributed by atoms with Gasteiger partial charge < -0.3 is 15.4 Å². The summed E-state index contributed by atoms with van der Waals surface area (Å²) in [5.41, 5.74) is 2.22. The minimum absolute atomic E-state index is 0. The molecule has 1 fully saturated rings. The molecule has 160 valence electrons. The third-order valence-electron chi connectivity index (χ3n) is 4.92. The van der Waals surface area contributed by atoms with Crippen molar-refractivity contribution in [1.82, 2.24) is 20.5 Å². The maximum atomic E-state index is 6.51. The summed E-state index contributed by atoms with van der Waals surface area (Å²) >= 11 is 8.22. The molecule has 0 amide bonds. The van der Waals surface area contributed by atoms with Crippen LogP contribution in [0.4, 0.5) is 0 Å². The molecule has 1 aliphatic rings. The van der Waals surface area contributed by atoms with Crippen molar-refractivity contribution in [3.63, 3.8) is 0 Å².